The average Bonchev–Trinajstić information content (AvgIpc) is 3.13. The second-order valence-electron chi connectivity index (χ2n) is 8.19. The Hall–Kier alpha value is -4.11. The van der Waals surface area contributed by atoms with Gasteiger partial charge in [0, 0.05) is 6.07 Å². The van der Waals surface area contributed by atoms with Gasteiger partial charge in [0.1, 0.15) is 24.7 Å². The fourth-order valence-corrected chi connectivity index (χ4v) is 4.45. The van der Waals surface area contributed by atoms with E-state index >= 15 is 0 Å². The fraction of sp³-hybridized carbons (Fsp3) is 0.185. The molecule has 1 aliphatic rings. The molecule has 0 radical (unpaired) electrons. The van der Waals surface area contributed by atoms with Crippen molar-refractivity contribution in [3.8, 4) is 11.5 Å². The normalized spacial score (nSPS) is 14.4. The molecule has 9 heteroatoms. The lowest BCUT2D eigenvalue weighted by molar-refractivity contribution is -0.385. The van der Waals surface area contributed by atoms with Crippen molar-refractivity contribution in [3.63, 3.8) is 0 Å². The third kappa shape index (κ3) is 5.92. The van der Waals surface area contributed by atoms with Gasteiger partial charge in [0.25, 0.3) is 16.8 Å². The minimum atomic E-state index is -0.440. The Morgan fingerprint density at radius 1 is 1.00 bits per heavy atom. The van der Waals surface area contributed by atoms with Crippen molar-refractivity contribution in [3.05, 3.63) is 104 Å². The second kappa shape index (κ2) is 11.1. The van der Waals surface area contributed by atoms with Crippen molar-refractivity contribution < 1.29 is 24.0 Å². The Morgan fingerprint density at radius 2 is 1.75 bits per heavy atom. The van der Waals surface area contributed by atoms with Crippen molar-refractivity contribution in [2.75, 3.05) is 13.2 Å². The predicted octanol–water partition coefficient (Wildman–Crippen LogP) is 5.91. The quantitative estimate of drug-likeness (QED) is 0.203. The molecule has 1 saturated heterocycles. The highest BCUT2D eigenvalue weighted by Gasteiger charge is 2.34. The van der Waals surface area contributed by atoms with Crippen LogP contribution in [0.5, 0.6) is 11.5 Å². The molecule has 184 valence electrons. The van der Waals surface area contributed by atoms with Crippen LogP contribution in [0.2, 0.25) is 0 Å². The lowest BCUT2D eigenvalue weighted by Gasteiger charge is -2.14. The van der Waals surface area contributed by atoms with Crippen LogP contribution in [0.3, 0.4) is 0 Å². The zero-order chi connectivity index (χ0) is 25.7. The molecule has 0 unspecified atom stereocenters. The van der Waals surface area contributed by atoms with Gasteiger partial charge in [-0.1, -0.05) is 36.4 Å². The molecule has 3 aromatic rings. The highest BCUT2D eigenvalue weighted by Crippen LogP contribution is 2.32. The van der Waals surface area contributed by atoms with Crippen LogP contribution < -0.4 is 9.47 Å². The van der Waals surface area contributed by atoms with Crippen LogP contribution in [-0.4, -0.2) is 34.1 Å². The SMILES string of the molecule is Cc1ccc(C)c(OCCN2C(=O)S/C(=C\c3ccc(OCc4ccccc4[N+](=O)[O-])cc3)C2=O)c1. The van der Waals surface area contributed by atoms with Crippen LogP contribution in [0.1, 0.15) is 22.3 Å². The molecule has 1 fully saturated rings. The zero-order valence-corrected chi connectivity index (χ0v) is 20.6. The molecule has 0 saturated carbocycles. The van der Waals surface area contributed by atoms with Gasteiger partial charge in [-0.05, 0) is 72.6 Å². The third-order valence-electron chi connectivity index (χ3n) is 5.55. The molecule has 2 amide bonds. The molecule has 1 aliphatic heterocycles. The number of aryl methyl sites for hydroxylation is 2. The second-order valence-corrected chi connectivity index (χ2v) is 9.19. The summed E-state index contributed by atoms with van der Waals surface area (Å²) in [6.07, 6.45) is 1.66. The lowest BCUT2D eigenvalue weighted by Crippen LogP contribution is -2.32. The largest absolute Gasteiger partial charge is 0.491 e. The number of ether oxygens (including phenoxy) is 2. The molecule has 0 bridgehead atoms. The van der Waals surface area contributed by atoms with Gasteiger partial charge in [0.2, 0.25) is 0 Å². The van der Waals surface area contributed by atoms with E-state index in [-0.39, 0.29) is 36.6 Å². The van der Waals surface area contributed by atoms with E-state index in [0.717, 1.165) is 34.2 Å². The number of rotatable bonds is 9. The van der Waals surface area contributed by atoms with E-state index in [1.165, 1.54) is 11.0 Å². The van der Waals surface area contributed by atoms with E-state index in [2.05, 4.69) is 0 Å². The smallest absolute Gasteiger partial charge is 0.293 e. The average molecular weight is 505 g/mol. The van der Waals surface area contributed by atoms with Crippen LogP contribution in [0.15, 0.2) is 71.6 Å². The summed E-state index contributed by atoms with van der Waals surface area (Å²) in [6.45, 7) is 4.34. The first-order valence-electron chi connectivity index (χ1n) is 11.2. The van der Waals surface area contributed by atoms with Crippen LogP contribution in [0.25, 0.3) is 6.08 Å². The maximum absolute atomic E-state index is 12.8. The summed E-state index contributed by atoms with van der Waals surface area (Å²) in [6, 6.07) is 19.2. The molecular weight excluding hydrogens is 480 g/mol. The Bertz CT molecular complexity index is 1340. The number of benzene rings is 3. The lowest BCUT2D eigenvalue weighted by atomic mass is 10.1. The topological polar surface area (TPSA) is 99.0 Å². The number of amides is 2. The number of imide groups is 1. The summed E-state index contributed by atoms with van der Waals surface area (Å²) < 4.78 is 11.5. The number of para-hydroxylation sites is 1. The van der Waals surface area contributed by atoms with Gasteiger partial charge in [-0.2, -0.15) is 0 Å². The van der Waals surface area contributed by atoms with Crippen molar-refractivity contribution in [1.82, 2.24) is 4.90 Å². The molecular formula is C27H24N2O6S. The fourth-order valence-electron chi connectivity index (χ4n) is 3.59. The molecule has 3 aromatic carbocycles. The monoisotopic (exact) mass is 504 g/mol. The predicted molar refractivity (Wildman–Crippen MR) is 138 cm³/mol. The number of hydrogen-bond donors (Lipinski definition) is 0. The van der Waals surface area contributed by atoms with E-state index in [1.807, 2.05) is 32.0 Å². The molecule has 36 heavy (non-hydrogen) atoms. The standard InChI is InChI=1S/C27H24N2O6S/c1-18-7-8-19(2)24(15-18)34-14-13-28-26(30)25(36-27(28)31)16-20-9-11-22(12-10-20)35-17-21-5-3-4-6-23(21)29(32)33/h3-12,15-16H,13-14,17H2,1-2H3/b25-16-. The Labute approximate surface area is 212 Å². The molecule has 0 atom stereocenters. The summed E-state index contributed by atoms with van der Waals surface area (Å²) in [5.74, 6) is 0.912. The van der Waals surface area contributed by atoms with E-state index in [9.17, 15) is 19.7 Å². The Kier molecular flexibility index (Phi) is 7.70. The minimum absolute atomic E-state index is 0.00395. The van der Waals surface area contributed by atoms with Crippen LogP contribution in [-0.2, 0) is 11.4 Å². The maximum Gasteiger partial charge on any atom is 0.293 e. The summed E-state index contributed by atoms with van der Waals surface area (Å²) in [4.78, 5) is 37.4. The van der Waals surface area contributed by atoms with Gasteiger partial charge in [0.05, 0.1) is 21.9 Å². The number of thioether (sulfide) groups is 1. The molecule has 0 aromatic heterocycles. The maximum atomic E-state index is 12.8. The first kappa shape index (κ1) is 25.0. The first-order chi connectivity index (χ1) is 17.3. The van der Waals surface area contributed by atoms with Crippen molar-refractivity contribution in [2.24, 2.45) is 0 Å². The zero-order valence-electron chi connectivity index (χ0n) is 19.8. The van der Waals surface area contributed by atoms with Crippen LogP contribution in [0, 0.1) is 24.0 Å². The molecule has 1 heterocycles. The van der Waals surface area contributed by atoms with E-state index in [0.29, 0.717) is 16.2 Å². The summed E-state index contributed by atoms with van der Waals surface area (Å²) >= 11 is 0.892. The van der Waals surface area contributed by atoms with Crippen molar-refractivity contribution in [2.45, 2.75) is 20.5 Å². The number of nitro groups is 1. The summed E-state index contributed by atoms with van der Waals surface area (Å²) in [7, 11) is 0. The number of nitro benzene ring substituents is 1. The molecule has 0 spiro atoms. The highest BCUT2D eigenvalue weighted by atomic mass is 32.2. The summed E-state index contributed by atoms with van der Waals surface area (Å²) in [5, 5.41) is 10.8. The van der Waals surface area contributed by atoms with Gasteiger partial charge in [-0.3, -0.25) is 24.6 Å². The first-order valence-corrected chi connectivity index (χ1v) is 12.0. The van der Waals surface area contributed by atoms with Gasteiger partial charge < -0.3 is 9.47 Å². The minimum Gasteiger partial charge on any atom is -0.491 e. The van der Waals surface area contributed by atoms with Crippen molar-refractivity contribution in [1.29, 1.82) is 0 Å². The van der Waals surface area contributed by atoms with E-state index in [4.69, 9.17) is 9.47 Å². The number of carbonyl (C=O) groups excluding carboxylic acids is 2. The van der Waals surface area contributed by atoms with Gasteiger partial charge in [-0.15, -0.1) is 0 Å². The van der Waals surface area contributed by atoms with Gasteiger partial charge in [-0.25, -0.2) is 0 Å². The van der Waals surface area contributed by atoms with Crippen molar-refractivity contribution >= 4 is 34.7 Å². The third-order valence-corrected chi connectivity index (χ3v) is 6.46. The highest BCUT2D eigenvalue weighted by molar-refractivity contribution is 8.18. The summed E-state index contributed by atoms with van der Waals surface area (Å²) in [5.41, 5.74) is 3.27. The van der Waals surface area contributed by atoms with Gasteiger partial charge in [0.15, 0.2) is 0 Å². The number of nitrogens with zero attached hydrogens (tertiary/aromatic N) is 2. The van der Waals surface area contributed by atoms with Crippen LogP contribution >= 0.6 is 11.8 Å². The number of carbonyl (C=O) groups is 2. The Balaban J connectivity index is 1.35. The Morgan fingerprint density at radius 3 is 2.50 bits per heavy atom. The van der Waals surface area contributed by atoms with E-state index in [1.54, 1.807) is 48.5 Å². The molecule has 0 N–H and O–H groups in total. The number of hydrogen-bond acceptors (Lipinski definition) is 7. The van der Waals surface area contributed by atoms with Gasteiger partial charge >= 0.3 is 0 Å². The molecule has 4 rings (SSSR count). The van der Waals surface area contributed by atoms with E-state index < -0.39 is 4.92 Å². The molecule has 8 nitrogen and oxygen atoms in total. The van der Waals surface area contributed by atoms with Crippen LogP contribution in [0.4, 0.5) is 10.5 Å². The molecule has 0 aliphatic carbocycles.